The van der Waals surface area contributed by atoms with Crippen LogP contribution >= 0.6 is 0 Å². The highest BCUT2D eigenvalue weighted by atomic mass is 16.2. The van der Waals surface area contributed by atoms with E-state index >= 15 is 0 Å². The van der Waals surface area contributed by atoms with Crippen molar-refractivity contribution in [1.82, 2.24) is 15.3 Å². The van der Waals surface area contributed by atoms with Crippen molar-refractivity contribution in [3.05, 3.63) is 0 Å². The lowest BCUT2D eigenvalue weighted by Gasteiger charge is -2.32. The van der Waals surface area contributed by atoms with Crippen molar-refractivity contribution >= 4 is 5.91 Å². The minimum atomic E-state index is 0.174. The second-order valence-corrected chi connectivity index (χ2v) is 4.28. The van der Waals surface area contributed by atoms with Gasteiger partial charge in [-0.3, -0.25) is 10.2 Å². The molecule has 4 heteroatoms. The summed E-state index contributed by atoms with van der Waals surface area (Å²) >= 11 is 0. The molecule has 0 spiro atoms. The molecule has 0 bridgehead atoms. The number of nitrogens with one attached hydrogen (secondary N) is 1. The van der Waals surface area contributed by atoms with Gasteiger partial charge in [-0.2, -0.15) is 0 Å². The third kappa shape index (κ3) is 5.14. The Balaban J connectivity index is 2.09. The number of rotatable bonds is 5. The first-order valence-corrected chi connectivity index (χ1v) is 5.95. The summed E-state index contributed by atoms with van der Waals surface area (Å²) in [6, 6.07) is 0. The summed E-state index contributed by atoms with van der Waals surface area (Å²) in [6.45, 7) is 6.11. The lowest BCUT2D eigenvalue weighted by atomic mass is 10.2. The van der Waals surface area contributed by atoms with Gasteiger partial charge in [0.2, 0.25) is 5.91 Å². The van der Waals surface area contributed by atoms with Gasteiger partial charge in [-0.25, -0.2) is 5.01 Å². The molecule has 1 fully saturated rings. The fourth-order valence-electron chi connectivity index (χ4n) is 1.69. The largest absolute Gasteiger partial charge is 0.304 e. The molecule has 1 N–H and O–H groups in total. The third-order valence-corrected chi connectivity index (χ3v) is 2.79. The lowest BCUT2D eigenvalue weighted by Crippen LogP contribution is -2.52. The van der Waals surface area contributed by atoms with Crippen LogP contribution < -0.4 is 5.43 Å². The van der Waals surface area contributed by atoms with E-state index in [1.54, 1.807) is 0 Å². The zero-order chi connectivity index (χ0) is 11.1. The minimum absolute atomic E-state index is 0.174. The maximum Gasteiger partial charge on any atom is 0.234 e. The highest BCUT2D eigenvalue weighted by Gasteiger charge is 2.14. The highest BCUT2D eigenvalue weighted by Crippen LogP contribution is 2.00. The van der Waals surface area contributed by atoms with E-state index in [9.17, 15) is 4.79 Å². The van der Waals surface area contributed by atoms with Crippen LogP contribution in [0.1, 0.15) is 32.6 Å². The Morgan fingerprint density at radius 1 is 1.20 bits per heavy atom. The molecule has 0 radical (unpaired) electrons. The molecule has 1 amide bonds. The standard InChI is InChI=1S/C11H23N3O/c1-3-4-5-6-11(15)12-14-9-7-13(2)8-10-14/h3-10H2,1-2H3,(H,12,15). The van der Waals surface area contributed by atoms with Crippen LogP contribution in [0.15, 0.2) is 0 Å². The molecule has 1 aliphatic heterocycles. The summed E-state index contributed by atoms with van der Waals surface area (Å²) in [4.78, 5) is 13.8. The summed E-state index contributed by atoms with van der Waals surface area (Å²) in [5.74, 6) is 0.174. The quantitative estimate of drug-likeness (QED) is 0.688. The monoisotopic (exact) mass is 213 g/mol. The molecule has 4 nitrogen and oxygen atoms in total. The van der Waals surface area contributed by atoms with Gasteiger partial charge in [-0.05, 0) is 13.5 Å². The number of hydrogen-bond acceptors (Lipinski definition) is 3. The second-order valence-electron chi connectivity index (χ2n) is 4.28. The van der Waals surface area contributed by atoms with Gasteiger partial charge in [0.05, 0.1) is 0 Å². The van der Waals surface area contributed by atoms with E-state index in [1.807, 2.05) is 5.01 Å². The minimum Gasteiger partial charge on any atom is -0.304 e. The third-order valence-electron chi connectivity index (χ3n) is 2.79. The Morgan fingerprint density at radius 3 is 2.47 bits per heavy atom. The normalized spacial score (nSPS) is 19.1. The molecule has 0 unspecified atom stereocenters. The average molecular weight is 213 g/mol. The van der Waals surface area contributed by atoms with Crippen molar-refractivity contribution < 1.29 is 4.79 Å². The van der Waals surface area contributed by atoms with Crippen LogP contribution in [0.2, 0.25) is 0 Å². The summed E-state index contributed by atoms with van der Waals surface area (Å²) in [5.41, 5.74) is 2.97. The van der Waals surface area contributed by atoms with Crippen LogP contribution in [0.25, 0.3) is 0 Å². The number of hydrazine groups is 1. The molecule has 0 atom stereocenters. The van der Waals surface area contributed by atoms with Crippen molar-refractivity contribution in [2.24, 2.45) is 0 Å². The van der Waals surface area contributed by atoms with Crippen molar-refractivity contribution in [3.63, 3.8) is 0 Å². The Hall–Kier alpha value is -0.610. The SMILES string of the molecule is CCCCCC(=O)NN1CCN(C)CC1. The Kier molecular flexibility index (Phi) is 5.65. The van der Waals surface area contributed by atoms with Crippen LogP contribution in [-0.4, -0.2) is 49.0 Å². The van der Waals surface area contributed by atoms with Crippen molar-refractivity contribution in [2.75, 3.05) is 33.2 Å². The Bertz CT molecular complexity index is 188. The predicted octanol–water partition coefficient (Wildman–Crippen LogP) is 0.845. The number of likely N-dealkylation sites (N-methyl/N-ethyl adjacent to an activating group) is 1. The summed E-state index contributed by atoms with van der Waals surface area (Å²) in [5, 5.41) is 2.04. The zero-order valence-electron chi connectivity index (χ0n) is 9.96. The molecule has 1 aliphatic rings. The lowest BCUT2D eigenvalue weighted by molar-refractivity contribution is -0.126. The molecule has 15 heavy (non-hydrogen) atoms. The highest BCUT2D eigenvalue weighted by molar-refractivity contribution is 5.75. The van der Waals surface area contributed by atoms with E-state index in [0.29, 0.717) is 6.42 Å². The van der Waals surface area contributed by atoms with Gasteiger partial charge in [0.15, 0.2) is 0 Å². The number of hydrogen-bond donors (Lipinski definition) is 1. The molecule has 1 heterocycles. The molecular weight excluding hydrogens is 190 g/mol. The Morgan fingerprint density at radius 2 is 1.87 bits per heavy atom. The number of unbranched alkanes of at least 4 members (excludes halogenated alkanes) is 2. The smallest absolute Gasteiger partial charge is 0.234 e. The van der Waals surface area contributed by atoms with Gasteiger partial charge in [-0.1, -0.05) is 19.8 Å². The molecular formula is C11H23N3O. The summed E-state index contributed by atoms with van der Waals surface area (Å²) in [7, 11) is 2.11. The second kappa shape index (κ2) is 6.80. The van der Waals surface area contributed by atoms with Crippen molar-refractivity contribution in [3.8, 4) is 0 Å². The molecule has 0 aliphatic carbocycles. The summed E-state index contributed by atoms with van der Waals surface area (Å²) in [6.07, 6.45) is 3.99. The van der Waals surface area contributed by atoms with Crippen LogP contribution in [0.3, 0.4) is 0 Å². The first-order chi connectivity index (χ1) is 7.22. The average Bonchev–Trinajstić information content (AvgIpc) is 2.22. The first kappa shape index (κ1) is 12.5. The molecule has 0 aromatic carbocycles. The van der Waals surface area contributed by atoms with Gasteiger partial charge in [-0.15, -0.1) is 0 Å². The van der Waals surface area contributed by atoms with Crippen LogP contribution in [-0.2, 0) is 4.79 Å². The van der Waals surface area contributed by atoms with Gasteiger partial charge < -0.3 is 4.90 Å². The molecule has 0 aromatic heterocycles. The first-order valence-electron chi connectivity index (χ1n) is 5.95. The Labute approximate surface area is 92.6 Å². The number of carbonyl (C=O) groups excluding carboxylic acids is 1. The van der Waals surface area contributed by atoms with Crippen LogP contribution in [0.4, 0.5) is 0 Å². The number of nitrogens with zero attached hydrogens (tertiary/aromatic N) is 2. The number of carbonyl (C=O) groups is 1. The maximum absolute atomic E-state index is 11.5. The van der Waals surface area contributed by atoms with Crippen molar-refractivity contribution in [1.29, 1.82) is 0 Å². The maximum atomic E-state index is 11.5. The number of piperazine rings is 1. The molecule has 1 rings (SSSR count). The van der Waals surface area contributed by atoms with E-state index in [1.165, 1.54) is 6.42 Å². The van der Waals surface area contributed by atoms with E-state index in [4.69, 9.17) is 0 Å². The van der Waals surface area contributed by atoms with E-state index < -0.39 is 0 Å². The van der Waals surface area contributed by atoms with Crippen LogP contribution in [0.5, 0.6) is 0 Å². The van der Waals surface area contributed by atoms with Gasteiger partial charge in [0.1, 0.15) is 0 Å². The van der Waals surface area contributed by atoms with E-state index in [-0.39, 0.29) is 5.91 Å². The van der Waals surface area contributed by atoms with Gasteiger partial charge in [0.25, 0.3) is 0 Å². The van der Waals surface area contributed by atoms with Gasteiger partial charge >= 0.3 is 0 Å². The predicted molar refractivity (Wildman–Crippen MR) is 61.4 cm³/mol. The number of amides is 1. The van der Waals surface area contributed by atoms with Crippen molar-refractivity contribution in [2.45, 2.75) is 32.6 Å². The molecule has 1 saturated heterocycles. The molecule has 0 saturated carbocycles. The zero-order valence-corrected chi connectivity index (χ0v) is 9.96. The summed E-state index contributed by atoms with van der Waals surface area (Å²) < 4.78 is 0. The fraction of sp³-hybridized carbons (Fsp3) is 0.909. The fourth-order valence-corrected chi connectivity index (χ4v) is 1.69. The molecule has 0 aromatic rings. The van der Waals surface area contributed by atoms with Crippen LogP contribution in [0, 0.1) is 0 Å². The topological polar surface area (TPSA) is 35.6 Å². The van der Waals surface area contributed by atoms with E-state index in [2.05, 4.69) is 24.3 Å². The van der Waals surface area contributed by atoms with E-state index in [0.717, 1.165) is 39.0 Å². The van der Waals surface area contributed by atoms with Gasteiger partial charge in [0, 0.05) is 32.6 Å². The molecule has 88 valence electrons.